The Kier molecular flexibility index (Phi) is 6.41. The van der Waals surface area contributed by atoms with Crippen LogP contribution in [0.25, 0.3) is 0 Å². The highest BCUT2D eigenvalue weighted by atomic mass is 19.4. The average Bonchev–Trinajstić information content (AvgIpc) is 3.11. The number of ether oxygens (including phenoxy) is 1. The Labute approximate surface area is 198 Å². The van der Waals surface area contributed by atoms with E-state index in [1.807, 2.05) is 6.07 Å². The number of rotatable bonds is 6. The lowest BCUT2D eigenvalue weighted by Gasteiger charge is -2.21. The Hall–Kier alpha value is -4.41. The van der Waals surface area contributed by atoms with Gasteiger partial charge in [0.15, 0.2) is 0 Å². The number of carbonyl (C=O) groups excluding carboxylic acids is 3. The molecule has 2 aromatic carbocycles. The highest BCUT2D eigenvalue weighted by Gasteiger charge is 2.38. The average molecular weight is 484 g/mol. The SMILES string of the molecule is CN(C(=O)c1cnccc1CN1CC(=O)N(c2ccc(OC(F)(F)F)cc2)C1=O)c1ccccc1. The molecule has 1 aliphatic heterocycles. The molecule has 35 heavy (non-hydrogen) atoms. The summed E-state index contributed by atoms with van der Waals surface area (Å²) in [5, 5.41) is 0. The summed E-state index contributed by atoms with van der Waals surface area (Å²) in [6, 6.07) is 14.3. The topological polar surface area (TPSA) is 83.1 Å². The molecule has 0 unspecified atom stereocenters. The Morgan fingerprint density at radius 2 is 1.74 bits per heavy atom. The van der Waals surface area contributed by atoms with Gasteiger partial charge in [0.25, 0.3) is 11.8 Å². The van der Waals surface area contributed by atoms with Crippen molar-refractivity contribution >= 4 is 29.2 Å². The molecule has 0 spiro atoms. The lowest BCUT2D eigenvalue weighted by atomic mass is 10.1. The first-order valence-electron chi connectivity index (χ1n) is 10.4. The number of para-hydroxylation sites is 1. The fraction of sp³-hybridized carbons (Fsp3) is 0.167. The fourth-order valence-electron chi connectivity index (χ4n) is 3.63. The van der Waals surface area contributed by atoms with Crippen LogP contribution in [0.1, 0.15) is 15.9 Å². The van der Waals surface area contributed by atoms with Crippen LogP contribution in [0.4, 0.5) is 29.3 Å². The van der Waals surface area contributed by atoms with Crippen LogP contribution in [0.2, 0.25) is 0 Å². The summed E-state index contributed by atoms with van der Waals surface area (Å²) >= 11 is 0. The summed E-state index contributed by atoms with van der Waals surface area (Å²) in [4.78, 5) is 46.3. The van der Waals surface area contributed by atoms with Crippen LogP contribution in [0.15, 0.2) is 73.1 Å². The number of alkyl halides is 3. The van der Waals surface area contributed by atoms with Gasteiger partial charge in [-0.25, -0.2) is 9.69 Å². The maximum atomic E-state index is 13.1. The Bertz CT molecular complexity index is 1250. The number of amides is 4. The second-order valence-electron chi connectivity index (χ2n) is 7.64. The highest BCUT2D eigenvalue weighted by molar-refractivity contribution is 6.19. The lowest BCUT2D eigenvalue weighted by Crippen LogP contribution is -2.33. The Morgan fingerprint density at radius 3 is 2.40 bits per heavy atom. The predicted octanol–water partition coefficient (Wildman–Crippen LogP) is 4.23. The van der Waals surface area contributed by atoms with E-state index in [9.17, 15) is 27.6 Å². The van der Waals surface area contributed by atoms with Gasteiger partial charge in [-0.1, -0.05) is 18.2 Å². The number of benzene rings is 2. The number of nitrogens with zero attached hydrogens (tertiary/aromatic N) is 4. The summed E-state index contributed by atoms with van der Waals surface area (Å²) in [6.07, 6.45) is -1.98. The molecular formula is C24H19F3N4O4. The van der Waals surface area contributed by atoms with E-state index in [4.69, 9.17) is 0 Å². The third-order valence-corrected chi connectivity index (χ3v) is 5.32. The monoisotopic (exact) mass is 484 g/mol. The van der Waals surface area contributed by atoms with E-state index in [1.54, 1.807) is 37.4 Å². The molecular weight excluding hydrogens is 465 g/mol. The molecule has 1 aliphatic rings. The zero-order valence-electron chi connectivity index (χ0n) is 18.4. The van der Waals surface area contributed by atoms with Gasteiger partial charge in [-0.05, 0) is 48.0 Å². The minimum absolute atomic E-state index is 0.0391. The molecule has 0 saturated carbocycles. The minimum atomic E-state index is -4.86. The largest absolute Gasteiger partial charge is 0.573 e. The van der Waals surface area contributed by atoms with Gasteiger partial charge in [-0.15, -0.1) is 13.2 Å². The van der Waals surface area contributed by atoms with E-state index in [1.165, 1.54) is 34.3 Å². The van der Waals surface area contributed by atoms with Crippen molar-refractivity contribution < 1.29 is 32.3 Å². The molecule has 1 aromatic heterocycles. The molecule has 2 heterocycles. The van der Waals surface area contributed by atoms with E-state index >= 15 is 0 Å². The zero-order chi connectivity index (χ0) is 25.2. The summed E-state index contributed by atoms with van der Waals surface area (Å²) in [7, 11) is 1.62. The number of hydrogen-bond acceptors (Lipinski definition) is 5. The summed E-state index contributed by atoms with van der Waals surface area (Å²) in [6.45, 7) is -0.299. The number of anilines is 2. The van der Waals surface area contributed by atoms with Gasteiger partial charge in [0, 0.05) is 31.7 Å². The van der Waals surface area contributed by atoms with Crippen LogP contribution in [0, 0.1) is 0 Å². The van der Waals surface area contributed by atoms with Crippen LogP contribution in [0.3, 0.4) is 0 Å². The van der Waals surface area contributed by atoms with E-state index in [-0.39, 0.29) is 30.2 Å². The van der Waals surface area contributed by atoms with Crippen molar-refractivity contribution in [2.24, 2.45) is 0 Å². The molecule has 3 aromatic rings. The number of hydrogen-bond donors (Lipinski definition) is 0. The van der Waals surface area contributed by atoms with Crippen molar-refractivity contribution in [2.75, 3.05) is 23.4 Å². The summed E-state index contributed by atoms with van der Waals surface area (Å²) in [5.41, 5.74) is 1.53. The van der Waals surface area contributed by atoms with Crippen molar-refractivity contribution in [3.8, 4) is 5.75 Å². The molecule has 0 aliphatic carbocycles. The molecule has 0 N–H and O–H groups in total. The van der Waals surface area contributed by atoms with E-state index in [2.05, 4.69) is 9.72 Å². The summed E-state index contributed by atoms with van der Waals surface area (Å²) in [5.74, 6) is -1.36. The Balaban J connectivity index is 1.52. The van der Waals surface area contributed by atoms with E-state index < -0.39 is 24.1 Å². The Morgan fingerprint density at radius 1 is 1.06 bits per heavy atom. The normalized spacial score (nSPS) is 13.8. The summed E-state index contributed by atoms with van der Waals surface area (Å²) < 4.78 is 41.0. The van der Waals surface area contributed by atoms with Crippen molar-refractivity contribution in [1.82, 2.24) is 9.88 Å². The molecule has 0 radical (unpaired) electrons. The first-order valence-corrected chi connectivity index (χ1v) is 10.4. The number of halogens is 3. The van der Waals surface area contributed by atoms with Crippen LogP contribution in [-0.2, 0) is 11.3 Å². The molecule has 1 fully saturated rings. The number of imide groups is 1. The van der Waals surface area contributed by atoms with Crippen LogP contribution >= 0.6 is 0 Å². The molecule has 11 heteroatoms. The fourth-order valence-corrected chi connectivity index (χ4v) is 3.63. The van der Waals surface area contributed by atoms with Crippen molar-refractivity contribution in [3.63, 3.8) is 0 Å². The standard InChI is InChI=1S/C24H19F3N4O4/c1-29(17-5-3-2-4-6-17)22(33)20-13-28-12-11-16(20)14-30-15-21(32)31(23(30)34)18-7-9-19(10-8-18)35-24(25,26)27/h2-13H,14-15H2,1H3. The van der Waals surface area contributed by atoms with Crippen LogP contribution in [0.5, 0.6) is 5.75 Å². The molecule has 180 valence electrons. The quantitative estimate of drug-likeness (QED) is 0.489. The third kappa shape index (κ3) is 5.24. The predicted molar refractivity (Wildman–Crippen MR) is 120 cm³/mol. The molecule has 1 saturated heterocycles. The van der Waals surface area contributed by atoms with Gasteiger partial charge in [0.05, 0.1) is 11.3 Å². The lowest BCUT2D eigenvalue weighted by molar-refractivity contribution is -0.274. The van der Waals surface area contributed by atoms with Gasteiger partial charge >= 0.3 is 12.4 Å². The molecule has 8 nitrogen and oxygen atoms in total. The molecule has 0 bridgehead atoms. The second-order valence-corrected chi connectivity index (χ2v) is 7.64. The number of carbonyl (C=O) groups is 3. The maximum absolute atomic E-state index is 13.1. The molecule has 4 rings (SSSR count). The van der Waals surface area contributed by atoms with Crippen LogP contribution in [-0.4, -0.2) is 47.7 Å². The highest BCUT2D eigenvalue weighted by Crippen LogP contribution is 2.28. The number of pyridine rings is 1. The van der Waals surface area contributed by atoms with E-state index in [0.29, 0.717) is 11.3 Å². The first kappa shape index (κ1) is 23.7. The second kappa shape index (κ2) is 9.45. The van der Waals surface area contributed by atoms with Gasteiger partial charge < -0.3 is 14.5 Å². The smallest absolute Gasteiger partial charge is 0.406 e. The van der Waals surface area contributed by atoms with E-state index in [0.717, 1.165) is 17.0 Å². The van der Waals surface area contributed by atoms with Crippen molar-refractivity contribution in [3.05, 3.63) is 84.2 Å². The van der Waals surface area contributed by atoms with Crippen LogP contribution < -0.4 is 14.5 Å². The van der Waals surface area contributed by atoms with Crippen molar-refractivity contribution in [1.29, 1.82) is 0 Å². The van der Waals surface area contributed by atoms with Gasteiger partial charge in [0.1, 0.15) is 12.3 Å². The first-order chi connectivity index (χ1) is 16.6. The van der Waals surface area contributed by atoms with Gasteiger partial charge in [-0.3, -0.25) is 14.6 Å². The third-order valence-electron chi connectivity index (χ3n) is 5.32. The molecule has 4 amide bonds. The van der Waals surface area contributed by atoms with Gasteiger partial charge in [-0.2, -0.15) is 0 Å². The zero-order valence-corrected chi connectivity index (χ0v) is 18.4. The van der Waals surface area contributed by atoms with Crippen molar-refractivity contribution in [2.45, 2.75) is 12.9 Å². The van der Waals surface area contributed by atoms with Gasteiger partial charge in [0.2, 0.25) is 0 Å². The molecule has 0 atom stereocenters. The minimum Gasteiger partial charge on any atom is -0.406 e. The number of aromatic nitrogens is 1. The maximum Gasteiger partial charge on any atom is 0.573 e. The number of urea groups is 1.